The maximum absolute atomic E-state index is 12.4. The third-order valence-electron chi connectivity index (χ3n) is 4.72. The summed E-state index contributed by atoms with van der Waals surface area (Å²) in [6, 6.07) is 17.4. The third-order valence-corrected chi connectivity index (χ3v) is 4.72. The number of benzene rings is 2. The Hall–Kier alpha value is -2.46. The zero-order chi connectivity index (χ0) is 17.6. The molecule has 1 unspecified atom stereocenters. The second-order valence-corrected chi connectivity index (χ2v) is 6.69. The first kappa shape index (κ1) is 17.4. The van der Waals surface area contributed by atoms with Crippen LogP contribution in [0.4, 0.5) is 0 Å². The Morgan fingerprint density at radius 3 is 2.44 bits per heavy atom. The number of hydrogen-bond acceptors (Lipinski definition) is 3. The first-order chi connectivity index (χ1) is 12.1. The molecule has 0 aliphatic carbocycles. The van der Waals surface area contributed by atoms with E-state index in [1.54, 1.807) is 24.3 Å². The van der Waals surface area contributed by atoms with Crippen molar-refractivity contribution in [3.05, 3.63) is 71.3 Å². The van der Waals surface area contributed by atoms with Gasteiger partial charge in [0.1, 0.15) is 0 Å². The zero-order valence-corrected chi connectivity index (χ0v) is 14.6. The SMILES string of the molecule is CC(=O)c1ccccc1C(=O)NCC1CCN(Cc2ccccc2)C1. The summed E-state index contributed by atoms with van der Waals surface area (Å²) in [6.07, 6.45) is 1.08. The van der Waals surface area contributed by atoms with Gasteiger partial charge in [-0.05, 0) is 37.4 Å². The van der Waals surface area contributed by atoms with Gasteiger partial charge in [0.2, 0.25) is 0 Å². The first-order valence-corrected chi connectivity index (χ1v) is 8.78. The summed E-state index contributed by atoms with van der Waals surface area (Å²) >= 11 is 0. The Balaban J connectivity index is 1.51. The van der Waals surface area contributed by atoms with E-state index in [1.807, 2.05) is 6.07 Å². The van der Waals surface area contributed by atoms with E-state index in [9.17, 15) is 9.59 Å². The van der Waals surface area contributed by atoms with Crippen LogP contribution in [0.15, 0.2) is 54.6 Å². The number of Topliss-reactive ketones (excluding diaryl/α,β-unsaturated/α-hetero) is 1. The van der Waals surface area contributed by atoms with Crippen molar-refractivity contribution in [2.45, 2.75) is 19.9 Å². The van der Waals surface area contributed by atoms with Gasteiger partial charge in [-0.15, -0.1) is 0 Å². The Morgan fingerprint density at radius 1 is 1.04 bits per heavy atom. The van der Waals surface area contributed by atoms with Crippen LogP contribution in [-0.4, -0.2) is 36.2 Å². The molecule has 0 spiro atoms. The van der Waals surface area contributed by atoms with Crippen LogP contribution >= 0.6 is 0 Å². The molecule has 4 heteroatoms. The highest BCUT2D eigenvalue weighted by molar-refractivity contribution is 6.07. The van der Waals surface area contributed by atoms with Crippen LogP contribution in [0.1, 0.15) is 39.6 Å². The van der Waals surface area contributed by atoms with E-state index >= 15 is 0 Å². The van der Waals surface area contributed by atoms with Gasteiger partial charge in [-0.3, -0.25) is 14.5 Å². The molecule has 3 rings (SSSR count). The van der Waals surface area contributed by atoms with Crippen molar-refractivity contribution in [1.82, 2.24) is 10.2 Å². The molecule has 1 aliphatic rings. The lowest BCUT2D eigenvalue weighted by atomic mass is 10.0. The average molecular weight is 336 g/mol. The van der Waals surface area contributed by atoms with Gasteiger partial charge >= 0.3 is 0 Å². The summed E-state index contributed by atoms with van der Waals surface area (Å²) in [5, 5.41) is 3.00. The van der Waals surface area contributed by atoms with Crippen molar-refractivity contribution in [2.75, 3.05) is 19.6 Å². The smallest absolute Gasteiger partial charge is 0.252 e. The summed E-state index contributed by atoms with van der Waals surface area (Å²) in [7, 11) is 0. The second kappa shape index (κ2) is 8.08. The first-order valence-electron chi connectivity index (χ1n) is 8.78. The fourth-order valence-corrected chi connectivity index (χ4v) is 3.39. The molecule has 1 N–H and O–H groups in total. The van der Waals surface area contributed by atoms with Crippen LogP contribution < -0.4 is 5.32 Å². The number of amides is 1. The molecule has 130 valence electrons. The van der Waals surface area contributed by atoms with Gasteiger partial charge in [0.15, 0.2) is 5.78 Å². The highest BCUT2D eigenvalue weighted by Crippen LogP contribution is 2.18. The molecule has 1 atom stereocenters. The van der Waals surface area contributed by atoms with Gasteiger partial charge in [0.05, 0.1) is 5.56 Å². The Kier molecular flexibility index (Phi) is 5.61. The monoisotopic (exact) mass is 336 g/mol. The van der Waals surface area contributed by atoms with Gasteiger partial charge in [-0.1, -0.05) is 48.5 Å². The molecule has 1 heterocycles. The molecule has 0 bridgehead atoms. The Bertz CT molecular complexity index is 743. The highest BCUT2D eigenvalue weighted by atomic mass is 16.2. The molecule has 1 aliphatic heterocycles. The average Bonchev–Trinajstić information content (AvgIpc) is 3.08. The largest absolute Gasteiger partial charge is 0.352 e. The number of rotatable bonds is 6. The minimum Gasteiger partial charge on any atom is -0.352 e. The standard InChI is InChI=1S/C21H24N2O2/c1-16(24)19-9-5-6-10-20(19)21(25)22-13-18-11-12-23(15-18)14-17-7-3-2-4-8-17/h2-10,18H,11-15H2,1H3,(H,22,25). The van der Waals surface area contributed by atoms with Gasteiger partial charge in [0, 0.05) is 25.2 Å². The van der Waals surface area contributed by atoms with Crippen LogP contribution in [0, 0.1) is 5.92 Å². The van der Waals surface area contributed by atoms with E-state index in [-0.39, 0.29) is 11.7 Å². The van der Waals surface area contributed by atoms with Crippen LogP contribution in [-0.2, 0) is 6.54 Å². The number of carbonyl (C=O) groups is 2. The van der Waals surface area contributed by atoms with Gasteiger partial charge in [0.25, 0.3) is 5.91 Å². The maximum atomic E-state index is 12.4. The van der Waals surface area contributed by atoms with E-state index in [2.05, 4.69) is 34.5 Å². The molecule has 2 aromatic rings. The van der Waals surface area contributed by atoms with E-state index in [0.717, 1.165) is 26.1 Å². The molecule has 4 nitrogen and oxygen atoms in total. The van der Waals surface area contributed by atoms with Crippen molar-refractivity contribution in [2.24, 2.45) is 5.92 Å². The van der Waals surface area contributed by atoms with Crippen LogP contribution in [0.5, 0.6) is 0 Å². The number of likely N-dealkylation sites (tertiary alicyclic amines) is 1. The number of hydrogen-bond donors (Lipinski definition) is 1. The molecular formula is C21H24N2O2. The Labute approximate surface area is 148 Å². The van der Waals surface area contributed by atoms with Crippen molar-refractivity contribution >= 4 is 11.7 Å². The zero-order valence-electron chi connectivity index (χ0n) is 14.6. The molecule has 1 saturated heterocycles. The molecule has 0 radical (unpaired) electrons. The fourth-order valence-electron chi connectivity index (χ4n) is 3.39. The normalized spacial score (nSPS) is 17.4. The molecule has 1 fully saturated rings. The molecular weight excluding hydrogens is 312 g/mol. The van der Waals surface area contributed by atoms with Crippen molar-refractivity contribution in [1.29, 1.82) is 0 Å². The predicted molar refractivity (Wildman–Crippen MR) is 98.6 cm³/mol. The lowest BCUT2D eigenvalue weighted by Crippen LogP contribution is -2.31. The van der Waals surface area contributed by atoms with Crippen molar-refractivity contribution in [3.63, 3.8) is 0 Å². The second-order valence-electron chi connectivity index (χ2n) is 6.69. The summed E-state index contributed by atoms with van der Waals surface area (Å²) in [4.78, 5) is 26.5. The summed E-state index contributed by atoms with van der Waals surface area (Å²) in [5.41, 5.74) is 2.27. The lowest BCUT2D eigenvalue weighted by Gasteiger charge is -2.16. The number of ketones is 1. The molecule has 2 aromatic carbocycles. The van der Waals surface area contributed by atoms with Gasteiger partial charge in [-0.2, -0.15) is 0 Å². The fraction of sp³-hybridized carbons (Fsp3) is 0.333. The number of carbonyl (C=O) groups excluding carboxylic acids is 2. The van der Waals surface area contributed by atoms with Gasteiger partial charge < -0.3 is 5.32 Å². The summed E-state index contributed by atoms with van der Waals surface area (Å²) < 4.78 is 0. The molecule has 25 heavy (non-hydrogen) atoms. The summed E-state index contributed by atoms with van der Waals surface area (Å²) in [5.74, 6) is 0.213. The number of nitrogens with zero attached hydrogens (tertiary/aromatic N) is 1. The minimum atomic E-state index is -0.160. The van der Waals surface area contributed by atoms with E-state index in [1.165, 1.54) is 12.5 Å². The molecule has 0 aromatic heterocycles. The van der Waals surface area contributed by atoms with Gasteiger partial charge in [-0.25, -0.2) is 0 Å². The lowest BCUT2D eigenvalue weighted by molar-refractivity contribution is 0.0933. The summed E-state index contributed by atoms with van der Waals surface area (Å²) in [6.45, 7) is 5.14. The van der Waals surface area contributed by atoms with Crippen LogP contribution in [0.2, 0.25) is 0 Å². The van der Waals surface area contributed by atoms with Crippen LogP contribution in [0.3, 0.4) is 0 Å². The topological polar surface area (TPSA) is 49.4 Å². The molecule has 1 amide bonds. The minimum absolute atomic E-state index is 0.0827. The van der Waals surface area contributed by atoms with E-state index in [0.29, 0.717) is 23.6 Å². The van der Waals surface area contributed by atoms with Crippen LogP contribution in [0.25, 0.3) is 0 Å². The quantitative estimate of drug-likeness (QED) is 0.825. The highest BCUT2D eigenvalue weighted by Gasteiger charge is 2.23. The number of nitrogens with one attached hydrogen (secondary N) is 1. The van der Waals surface area contributed by atoms with Crippen molar-refractivity contribution in [3.8, 4) is 0 Å². The maximum Gasteiger partial charge on any atom is 0.252 e. The third kappa shape index (κ3) is 4.54. The molecule has 0 saturated carbocycles. The van der Waals surface area contributed by atoms with E-state index < -0.39 is 0 Å². The Morgan fingerprint density at radius 2 is 1.72 bits per heavy atom. The van der Waals surface area contributed by atoms with E-state index in [4.69, 9.17) is 0 Å². The predicted octanol–water partition coefficient (Wildman–Crippen LogP) is 3.14. The van der Waals surface area contributed by atoms with Crippen molar-refractivity contribution < 1.29 is 9.59 Å².